The maximum atomic E-state index is 13.9. The minimum Gasteiger partial charge on any atom is -0.384 e. The molecule has 0 radical (unpaired) electrons. The number of hydrogen-bond acceptors (Lipinski definition) is 4. The van der Waals surface area contributed by atoms with E-state index in [0.29, 0.717) is 27.8 Å². The van der Waals surface area contributed by atoms with E-state index >= 15 is 0 Å². The fourth-order valence-corrected chi connectivity index (χ4v) is 3.51. The van der Waals surface area contributed by atoms with Crippen molar-refractivity contribution < 1.29 is 18.4 Å². The molecule has 0 spiro atoms. The molecular weight excluding hydrogens is 416 g/mol. The number of primary amides is 1. The molecule has 4 rings (SSSR count). The third kappa shape index (κ3) is 4.27. The molecule has 0 saturated heterocycles. The Labute approximate surface area is 181 Å². The number of carbonyl (C=O) groups is 2. The first-order valence-corrected chi connectivity index (χ1v) is 9.69. The van der Waals surface area contributed by atoms with Crippen molar-refractivity contribution >= 4 is 28.5 Å². The van der Waals surface area contributed by atoms with Crippen LogP contribution in [0.2, 0.25) is 0 Å². The lowest BCUT2D eigenvalue weighted by molar-refractivity contribution is -0.120. The van der Waals surface area contributed by atoms with Crippen molar-refractivity contribution in [3.63, 3.8) is 0 Å². The number of pyridine rings is 1. The van der Waals surface area contributed by atoms with Gasteiger partial charge in [-0.3, -0.25) is 9.59 Å². The Bertz CT molecular complexity index is 1350. The first kappa shape index (κ1) is 21.0. The van der Waals surface area contributed by atoms with E-state index < -0.39 is 11.7 Å². The number of rotatable bonds is 6. The highest BCUT2D eigenvalue weighted by Crippen LogP contribution is 2.26. The number of H-pyrrole nitrogens is 1. The van der Waals surface area contributed by atoms with E-state index in [1.807, 2.05) is 0 Å². The topological polar surface area (TPSA) is 127 Å². The van der Waals surface area contributed by atoms with Crippen LogP contribution >= 0.6 is 0 Å². The quantitative estimate of drug-likeness (QED) is 0.371. The summed E-state index contributed by atoms with van der Waals surface area (Å²) < 4.78 is 27.4. The first-order chi connectivity index (χ1) is 15.3. The van der Waals surface area contributed by atoms with E-state index in [0.717, 1.165) is 11.6 Å². The molecule has 0 unspecified atom stereocenters. The van der Waals surface area contributed by atoms with Gasteiger partial charge in [-0.15, -0.1) is 0 Å². The average molecular weight is 435 g/mol. The molecule has 6 N–H and O–H groups in total. The summed E-state index contributed by atoms with van der Waals surface area (Å²) in [5.41, 5.74) is 13.7. The monoisotopic (exact) mass is 435 g/mol. The lowest BCUT2D eigenvalue weighted by atomic mass is 10.0. The number of halogens is 2. The molecule has 9 heteroatoms. The van der Waals surface area contributed by atoms with Gasteiger partial charge in [0.15, 0.2) is 0 Å². The van der Waals surface area contributed by atoms with E-state index in [2.05, 4.69) is 15.3 Å². The molecule has 2 heterocycles. The van der Waals surface area contributed by atoms with Gasteiger partial charge in [-0.25, -0.2) is 13.8 Å². The zero-order valence-electron chi connectivity index (χ0n) is 16.8. The molecule has 0 bridgehead atoms. The number of nitrogens with two attached hydrogens (primary N) is 2. The van der Waals surface area contributed by atoms with E-state index in [4.69, 9.17) is 11.5 Å². The van der Waals surface area contributed by atoms with Gasteiger partial charge in [0.25, 0.3) is 5.91 Å². The van der Waals surface area contributed by atoms with Gasteiger partial charge >= 0.3 is 0 Å². The largest absolute Gasteiger partial charge is 0.384 e. The summed E-state index contributed by atoms with van der Waals surface area (Å²) in [4.78, 5) is 31.3. The van der Waals surface area contributed by atoms with Crippen molar-refractivity contribution in [1.82, 2.24) is 15.3 Å². The Kier molecular flexibility index (Phi) is 5.55. The fourth-order valence-electron chi connectivity index (χ4n) is 3.51. The lowest BCUT2D eigenvalue weighted by Crippen LogP contribution is -2.25. The molecule has 2 aromatic carbocycles. The Morgan fingerprint density at radius 1 is 1.06 bits per heavy atom. The number of carbonyl (C=O) groups excluding carboxylic acids is 2. The summed E-state index contributed by atoms with van der Waals surface area (Å²) in [6.45, 7) is 0.0409. The van der Waals surface area contributed by atoms with Crippen molar-refractivity contribution in [2.24, 2.45) is 5.73 Å². The van der Waals surface area contributed by atoms with Crippen LogP contribution in [-0.4, -0.2) is 21.8 Å². The van der Waals surface area contributed by atoms with Gasteiger partial charge in [0.2, 0.25) is 5.91 Å². The summed E-state index contributed by atoms with van der Waals surface area (Å²) in [6, 6.07) is 11.5. The number of nitrogens with one attached hydrogen (secondary N) is 2. The number of nitrogens with zero attached hydrogens (tertiary/aromatic N) is 1. The maximum absolute atomic E-state index is 13.9. The Morgan fingerprint density at radius 2 is 1.88 bits per heavy atom. The zero-order valence-corrected chi connectivity index (χ0v) is 16.8. The van der Waals surface area contributed by atoms with Crippen molar-refractivity contribution in [1.29, 1.82) is 0 Å². The fraction of sp³-hybridized carbons (Fsp3) is 0.0870. The molecule has 0 saturated carbocycles. The predicted octanol–water partition coefficient (Wildman–Crippen LogP) is 3.05. The van der Waals surface area contributed by atoms with Crippen LogP contribution in [0.25, 0.3) is 22.0 Å². The van der Waals surface area contributed by atoms with Crippen LogP contribution in [0.5, 0.6) is 0 Å². The summed E-state index contributed by atoms with van der Waals surface area (Å²) in [7, 11) is 0. The van der Waals surface area contributed by atoms with Crippen LogP contribution in [0.1, 0.15) is 21.6 Å². The number of fused-ring (bicyclic) bond motifs is 1. The maximum Gasteiger partial charge on any atom is 0.251 e. The van der Waals surface area contributed by atoms with Gasteiger partial charge in [0.05, 0.1) is 24.2 Å². The van der Waals surface area contributed by atoms with E-state index in [1.54, 1.807) is 24.4 Å². The second-order valence-electron chi connectivity index (χ2n) is 7.25. The van der Waals surface area contributed by atoms with E-state index in [9.17, 15) is 18.4 Å². The highest BCUT2D eigenvalue weighted by molar-refractivity contribution is 5.94. The number of amides is 2. The Balaban J connectivity index is 1.55. The number of aromatic amines is 1. The molecule has 162 valence electrons. The predicted molar refractivity (Wildman–Crippen MR) is 116 cm³/mol. The Morgan fingerprint density at radius 3 is 2.66 bits per heavy atom. The van der Waals surface area contributed by atoms with Gasteiger partial charge < -0.3 is 21.8 Å². The van der Waals surface area contributed by atoms with Gasteiger partial charge in [-0.1, -0.05) is 6.07 Å². The van der Waals surface area contributed by atoms with E-state index in [1.165, 1.54) is 24.3 Å². The van der Waals surface area contributed by atoms with Crippen molar-refractivity contribution in [3.05, 3.63) is 83.2 Å². The van der Waals surface area contributed by atoms with Gasteiger partial charge in [0, 0.05) is 22.7 Å². The molecule has 32 heavy (non-hydrogen) atoms. The van der Waals surface area contributed by atoms with Crippen molar-refractivity contribution in [2.75, 3.05) is 5.73 Å². The van der Waals surface area contributed by atoms with Gasteiger partial charge in [-0.05, 0) is 53.6 Å². The van der Waals surface area contributed by atoms with Crippen LogP contribution < -0.4 is 16.8 Å². The van der Waals surface area contributed by atoms with Crippen LogP contribution in [-0.2, 0) is 17.8 Å². The second-order valence-corrected chi connectivity index (χ2v) is 7.25. The summed E-state index contributed by atoms with van der Waals surface area (Å²) >= 11 is 0. The molecule has 4 aromatic rings. The minimum atomic E-state index is -0.891. The number of anilines is 1. The molecule has 0 aliphatic heterocycles. The highest BCUT2D eigenvalue weighted by atomic mass is 19.1. The number of hydrogen-bond donors (Lipinski definition) is 4. The normalized spacial score (nSPS) is 10.9. The van der Waals surface area contributed by atoms with E-state index in [-0.39, 0.29) is 36.1 Å². The smallest absolute Gasteiger partial charge is 0.251 e. The van der Waals surface area contributed by atoms with Crippen molar-refractivity contribution in [2.45, 2.75) is 13.0 Å². The van der Waals surface area contributed by atoms with Crippen molar-refractivity contribution in [3.8, 4) is 11.1 Å². The minimum absolute atomic E-state index is 0.0312. The number of aromatic nitrogens is 2. The SMILES string of the molecule is NC(=O)c1cc(-c2ccc(N)nc2CNC(=O)Cc2c[nH]c3ccc(F)cc23)ccc1F. The Hall–Kier alpha value is -4.27. The van der Waals surface area contributed by atoms with Crippen LogP contribution in [0, 0.1) is 11.6 Å². The molecule has 0 aliphatic carbocycles. The molecule has 2 amide bonds. The third-order valence-corrected chi connectivity index (χ3v) is 5.07. The van der Waals surface area contributed by atoms with Crippen LogP contribution in [0.15, 0.2) is 54.7 Å². The average Bonchev–Trinajstić information content (AvgIpc) is 3.14. The summed E-state index contributed by atoms with van der Waals surface area (Å²) in [6.07, 6.45) is 1.70. The molecule has 0 atom stereocenters. The second kappa shape index (κ2) is 8.46. The number of nitrogen functional groups attached to an aromatic ring is 1. The van der Waals surface area contributed by atoms with Gasteiger partial charge in [-0.2, -0.15) is 0 Å². The molecule has 0 fully saturated rings. The summed E-state index contributed by atoms with van der Waals surface area (Å²) in [5.74, 6) is -2.07. The lowest BCUT2D eigenvalue weighted by Gasteiger charge is -2.12. The first-order valence-electron chi connectivity index (χ1n) is 9.69. The standard InChI is InChI=1S/C23H19F2N5O2/c24-14-2-5-19-16(9-14)13(10-28-19)8-22(31)29-11-20-15(3-6-21(26)30-20)12-1-4-18(25)17(7-12)23(27)32/h1-7,9-10,28H,8,11H2,(H2,26,30)(H2,27,32)(H,29,31). The zero-order chi connectivity index (χ0) is 22.8. The molecule has 7 nitrogen and oxygen atoms in total. The molecule has 2 aromatic heterocycles. The third-order valence-electron chi connectivity index (χ3n) is 5.07. The molecule has 0 aliphatic rings. The molecular formula is C23H19F2N5O2. The van der Waals surface area contributed by atoms with Crippen LogP contribution in [0.3, 0.4) is 0 Å². The highest BCUT2D eigenvalue weighted by Gasteiger charge is 2.15. The number of benzene rings is 2. The summed E-state index contributed by atoms with van der Waals surface area (Å²) in [5, 5.41) is 3.40. The van der Waals surface area contributed by atoms with Gasteiger partial charge in [0.1, 0.15) is 17.5 Å². The van der Waals surface area contributed by atoms with Crippen LogP contribution in [0.4, 0.5) is 14.6 Å².